The number of para-hydroxylation sites is 1. The van der Waals surface area contributed by atoms with E-state index in [2.05, 4.69) is 0 Å². The van der Waals surface area contributed by atoms with E-state index >= 15 is 0 Å². The van der Waals surface area contributed by atoms with Gasteiger partial charge in [0.1, 0.15) is 22.6 Å². The maximum atomic E-state index is 12.7. The molecule has 2 heterocycles. The Morgan fingerprint density at radius 2 is 2.03 bits per heavy atom. The highest BCUT2D eigenvalue weighted by Crippen LogP contribution is 2.32. The smallest absolute Gasteiger partial charge is 0.348 e. The molecule has 8 nitrogen and oxygen atoms in total. The standard InChI is InChI=1S/C20H19N3O5S/c1-2-27-20(26)17-14(13(10-21)18(22)29-17)11-28-19(25)12-6-3-4-7-15(12)23-9-5-8-16(23)24/h3-4,6-7H,2,5,8-9,11,22H2,1H3. The number of nitrogens with zero attached hydrogens (tertiary/aromatic N) is 2. The third-order valence-electron chi connectivity index (χ3n) is 4.44. The van der Waals surface area contributed by atoms with E-state index in [9.17, 15) is 19.6 Å². The van der Waals surface area contributed by atoms with Gasteiger partial charge in [0.05, 0.1) is 23.4 Å². The molecule has 0 aliphatic carbocycles. The number of carbonyl (C=O) groups is 3. The van der Waals surface area contributed by atoms with E-state index in [1.807, 2.05) is 6.07 Å². The Balaban J connectivity index is 1.85. The maximum Gasteiger partial charge on any atom is 0.348 e. The molecule has 2 N–H and O–H groups in total. The van der Waals surface area contributed by atoms with E-state index in [0.717, 1.165) is 17.8 Å². The molecule has 1 aliphatic heterocycles. The first-order valence-corrected chi connectivity index (χ1v) is 9.84. The number of esters is 2. The van der Waals surface area contributed by atoms with Crippen LogP contribution < -0.4 is 10.6 Å². The fraction of sp³-hybridized carbons (Fsp3) is 0.300. The molecule has 9 heteroatoms. The molecule has 150 valence electrons. The number of rotatable bonds is 6. The van der Waals surface area contributed by atoms with E-state index in [0.29, 0.717) is 18.7 Å². The minimum atomic E-state index is -0.663. The number of benzene rings is 1. The van der Waals surface area contributed by atoms with Crippen LogP contribution in [-0.2, 0) is 20.9 Å². The van der Waals surface area contributed by atoms with Crippen molar-refractivity contribution in [1.82, 2.24) is 0 Å². The molecule has 2 aromatic rings. The highest BCUT2D eigenvalue weighted by molar-refractivity contribution is 7.18. The Labute approximate surface area is 171 Å². The number of nitriles is 1. The SMILES string of the molecule is CCOC(=O)c1sc(N)c(C#N)c1COC(=O)c1ccccc1N1CCCC1=O. The minimum absolute atomic E-state index is 0.0489. The van der Waals surface area contributed by atoms with Crippen molar-refractivity contribution >= 4 is 39.9 Å². The van der Waals surface area contributed by atoms with Gasteiger partial charge >= 0.3 is 11.9 Å². The summed E-state index contributed by atoms with van der Waals surface area (Å²) in [5.74, 6) is -1.34. The Bertz CT molecular complexity index is 1010. The third-order valence-corrected chi connectivity index (χ3v) is 5.48. The van der Waals surface area contributed by atoms with E-state index in [4.69, 9.17) is 15.2 Å². The van der Waals surface area contributed by atoms with Crippen LogP contribution >= 0.6 is 11.3 Å². The molecule has 29 heavy (non-hydrogen) atoms. The van der Waals surface area contributed by atoms with Crippen molar-refractivity contribution in [2.45, 2.75) is 26.4 Å². The summed E-state index contributed by atoms with van der Waals surface area (Å²) in [6, 6.07) is 8.61. The van der Waals surface area contributed by atoms with Gasteiger partial charge in [0.15, 0.2) is 0 Å². The normalized spacial score (nSPS) is 13.2. The van der Waals surface area contributed by atoms with Crippen LogP contribution in [0.25, 0.3) is 0 Å². The topological polar surface area (TPSA) is 123 Å². The van der Waals surface area contributed by atoms with Crippen LogP contribution in [0.1, 0.15) is 50.9 Å². The summed E-state index contributed by atoms with van der Waals surface area (Å²) in [5.41, 5.74) is 6.86. The number of hydrogen-bond acceptors (Lipinski definition) is 8. The average Bonchev–Trinajstić information content (AvgIpc) is 3.28. The Morgan fingerprint density at radius 1 is 1.28 bits per heavy atom. The van der Waals surface area contributed by atoms with E-state index in [1.54, 1.807) is 36.1 Å². The van der Waals surface area contributed by atoms with Crippen LogP contribution in [0.5, 0.6) is 0 Å². The predicted octanol–water partition coefficient (Wildman–Crippen LogP) is 2.86. The third kappa shape index (κ3) is 4.07. The fourth-order valence-corrected chi connectivity index (χ4v) is 4.02. The first-order valence-electron chi connectivity index (χ1n) is 9.02. The zero-order valence-corrected chi connectivity index (χ0v) is 16.6. The van der Waals surface area contributed by atoms with Crippen LogP contribution in [-0.4, -0.2) is 31.0 Å². The summed E-state index contributed by atoms with van der Waals surface area (Å²) in [5, 5.41) is 9.52. The highest BCUT2D eigenvalue weighted by Gasteiger charge is 2.27. The van der Waals surface area contributed by atoms with Crippen molar-refractivity contribution in [3.05, 3.63) is 45.8 Å². The summed E-state index contributed by atoms with van der Waals surface area (Å²) < 4.78 is 10.4. The van der Waals surface area contributed by atoms with Gasteiger partial charge < -0.3 is 20.1 Å². The summed E-state index contributed by atoms with van der Waals surface area (Å²) in [6.45, 7) is 2.05. The molecule has 1 fully saturated rings. The molecular formula is C20H19N3O5S. The molecule has 0 radical (unpaired) electrons. The highest BCUT2D eigenvalue weighted by atomic mass is 32.1. The van der Waals surface area contributed by atoms with Gasteiger partial charge in [-0.3, -0.25) is 4.79 Å². The largest absolute Gasteiger partial charge is 0.462 e. The lowest BCUT2D eigenvalue weighted by molar-refractivity contribution is -0.117. The molecule has 0 bridgehead atoms. The van der Waals surface area contributed by atoms with Crippen molar-refractivity contribution in [3.63, 3.8) is 0 Å². The second kappa shape index (κ2) is 8.75. The zero-order chi connectivity index (χ0) is 21.0. The van der Waals surface area contributed by atoms with Gasteiger partial charge in [0, 0.05) is 18.5 Å². The van der Waals surface area contributed by atoms with E-state index in [1.165, 1.54) is 0 Å². The summed E-state index contributed by atoms with van der Waals surface area (Å²) in [4.78, 5) is 38.7. The number of thiophene rings is 1. The Morgan fingerprint density at radius 3 is 2.69 bits per heavy atom. The van der Waals surface area contributed by atoms with Gasteiger partial charge in [0.2, 0.25) is 5.91 Å². The second-order valence-corrected chi connectivity index (χ2v) is 7.28. The first-order chi connectivity index (χ1) is 14.0. The molecule has 0 saturated carbocycles. The van der Waals surface area contributed by atoms with Crippen molar-refractivity contribution in [3.8, 4) is 6.07 Å². The van der Waals surface area contributed by atoms with Crippen LogP contribution in [0.15, 0.2) is 24.3 Å². The zero-order valence-electron chi connectivity index (χ0n) is 15.8. The van der Waals surface area contributed by atoms with Crippen LogP contribution in [0.4, 0.5) is 10.7 Å². The maximum absolute atomic E-state index is 12.7. The quantitative estimate of drug-likeness (QED) is 0.722. The van der Waals surface area contributed by atoms with Gasteiger partial charge in [-0.25, -0.2) is 9.59 Å². The molecule has 1 saturated heterocycles. The van der Waals surface area contributed by atoms with Gasteiger partial charge in [-0.15, -0.1) is 11.3 Å². The van der Waals surface area contributed by atoms with Crippen LogP contribution in [0.3, 0.4) is 0 Å². The lowest BCUT2D eigenvalue weighted by Crippen LogP contribution is -2.26. The molecule has 0 unspecified atom stereocenters. The van der Waals surface area contributed by atoms with Gasteiger partial charge in [-0.2, -0.15) is 5.26 Å². The molecule has 0 spiro atoms. The predicted molar refractivity (Wildman–Crippen MR) is 107 cm³/mol. The molecule has 0 atom stereocenters. The number of ether oxygens (including phenoxy) is 2. The lowest BCUT2D eigenvalue weighted by Gasteiger charge is -2.19. The molecule has 1 amide bonds. The van der Waals surface area contributed by atoms with Crippen molar-refractivity contribution in [2.24, 2.45) is 0 Å². The molecule has 1 aromatic heterocycles. The Hall–Kier alpha value is -3.38. The molecular weight excluding hydrogens is 394 g/mol. The molecule has 1 aliphatic rings. The number of hydrogen-bond donors (Lipinski definition) is 1. The molecule has 1 aromatic carbocycles. The van der Waals surface area contributed by atoms with Crippen LogP contribution in [0, 0.1) is 11.3 Å². The van der Waals surface area contributed by atoms with Gasteiger partial charge in [-0.1, -0.05) is 12.1 Å². The van der Waals surface area contributed by atoms with Crippen LogP contribution in [0.2, 0.25) is 0 Å². The Kier molecular flexibility index (Phi) is 6.14. The second-order valence-electron chi connectivity index (χ2n) is 6.22. The fourth-order valence-electron chi connectivity index (χ4n) is 3.11. The van der Waals surface area contributed by atoms with Gasteiger partial charge in [-0.05, 0) is 25.5 Å². The lowest BCUT2D eigenvalue weighted by atomic mass is 10.1. The number of nitrogen functional groups attached to an aromatic ring is 1. The summed E-state index contributed by atoms with van der Waals surface area (Å²) >= 11 is 0.921. The first kappa shape index (κ1) is 20.4. The summed E-state index contributed by atoms with van der Waals surface area (Å²) in [7, 11) is 0. The van der Waals surface area contributed by atoms with E-state index in [-0.39, 0.29) is 45.7 Å². The minimum Gasteiger partial charge on any atom is -0.462 e. The number of nitrogens with two attached hydrogens (primary N) is 1. The van der Waals surface area contributed by atoms with E-state index < -0.39 is 11.9 Å². The average molecular weight is 413 g/mol. The number of carbonyl (C=O) groups excluding carboxylic acids is 3. The number of anilines is 2. The summed E-state index contributed by atoms with van der Waals surface area (Å²) in [6.07, 6.45) is 1.16. The number of amides is 1. The van der Waals surface area contributed by atoms with Gasteiger partial charge in [0.25, 0.3) is 0 Å². The molecule has 3 rings (SSSR count). The monoisotopic (exact) mass is 413 g/mol. The van der Waals surface area contributed by atoms with Crippen molar-refractivity contribution < 1.29 is 23.9 Å². The van der Waals surface area contributed by atoms with Crippen molar-refractivity contribution in [1.29, 1.82) is 5.26 Å². The van der Waals surface area contributed by atoms with Crippen molar-refractivity contribution in [2.75, 3.05) is 23.8 Å².